The van der Waals surface area contributed by atoms with Crippen LogP contribution in [0.5, 0.6) is 0 Å². The highest BCUT2D eigenvalue weighted by molar-refractivity contribution is 8.00. The van der Waals surface area contributed by atoms with E-state index in [4.69, 9.17) is 9.84 Å². The predicted octanol–water partition coefficient (Wildman–Crippen LogP) is -0.148. The third-order valence-electron chi connectivity index (χ3n) is 3.73. The lowest BCUT2D eigenvalue weighted by Crippen LogP contribution is -2.57. The highest BCUT2D eigenvalue weighted by Gasteiger charge is 2.44. The smallest absolute Gasteiger partial charge is 0.132 e. The molecule has 1 aliphatic carbocycles. The van der Waals surface area contributed by atoms with Crippen molar-refractivity contribution in [3.8, 4) is 0 Å². The molecule has 0 spiro atoms. The summed E-state index contributed by atoms with van der Waals surface area (Å²) < 4.78 is 5.49. The first-order chi connectivity index (χ1) is 8.63. The van der Waals surface area contributed by atoms with E-state index in [9.17, 15) is 15.3 Å². The molecule has 0 amide bonds. The molecule has 0 radical (unpaired) electrons. The van der Waals surface area contributed by atoms with Crippen LogP contribution in [0.25, 0.3) is 0 Å². The molecule has 18 heavy (non-hydrogen) atoms. The number of thioether (sulfide) groups is 1. The molecule has 2 rings (SSSR count). The van der Waals surface area contributed by atoms with Crippen LogP contribution in [0, 0.1) is 0 Å². The van der Waals surface area contributed by atoms with Gasteiger partial charge < -0.3 is 25.2 Å². The summed E-state index contributed by atoms with van der Waals surface area (Å²) in [4.78, 5) is 0. The summed E-state index contributed by atoms with van der Waals surface area (Å²) in [5.74, 6) is 0. The van der Waals surface area contributed by atoms with Gasteiger partial charge in [0, 0.05) is 5.25 Å². The number of hydrogen-bond donors (Lipinski definition) is 4. The summed E-state index contributed by atoms with van der Waals surface area (Å²) in [6.07, 6.45) is 1.43. The van der Waals surface area contributed by atoms with Gasteiger partial charge in [-0.15, -0.1) is 11.8 Å². The molecule has 1 saturated carbocycles. The third-order valence-corrected chi connectivity index (χ3v) is 5.24. The molecule has 2 aliphatic rings. The standard InChI is InChI=1S/C12H22O5S/c13-6-8-9(14)10(15)11(16)12(17-8)18-7-4-2-1-3-5-7/h7-16H,1-6H2/t8-,9+,10+,11-,12?/m1/s1. The quantitative estimate of drug-likeness (QED) is 0.574. The van der Waals surface area contributed by atoms with Crippen LogP contribution in [-0.4, -0.2) is 62.1 Å². The molecule has 1 saturated heterocycles. The van der Waals surface area contributed by atoms with E-state index in [1.165, 1.54) is 31.0 Å². The summed E-state index contributed by atoms with van der Waals surface area (Å²) >= 11 is 1.52. The molecule has 5 atom stereocenters. The molecule has 2 fully saturated rings. The zero-order chi connectivity index (χ0) is 13.1. The molecule has 0 aromatic carbocycles. The number of ether oxygens (including phenoxy) is 1. The maximum Gasteiger partial charge on any atom is 0.132 e. The second kappa shape index (κ2) is 6.54. The summed E-state index contributed by atoms with van der Waals surface area (Å²) in [5.41, 5.74) is -0.566. The van der Waals surface area contributed by atoms with E-state index >= 15 is 0 Å². The normalized spacial score (nSPS) is 43.0. The Labute approximate surface area is 111 Å². The molecule has 1 unspecified atom stereocenters. The van der Waals surface area contributed by atoms with Crippen LogP contribution in [0.15, 0.2) is 0 Å². The Balaban J connectivity index is 1.93. The SMILES string of the molecule is OC[C@H]1OC(SC2CCCCC2)[C@H](O)[C@@H](O)[C@H]1O. The van der Waals surface area contributed by atoms with Gasteiger partial charge in [0.05, 0.1) is 6.61 Å². The topological polar surface area (TPSA) is 90.2 Å². The number of aliphatic hydroxyl groups is 4. The zero-order valence-electron chi connectivity index (χ0n) is 10.3. The fourth-order valence-electron chi connectivity index (χ4n) is 2.57. The van der Waals surface area contributed by atoms with Gasteiger partial charge in [-0.25, -0.2) is 0 Å². The Hall–Kier alpha value is 0.150. The Morgan fingerprint density at radius 1 is 0.944 bits per heavy atom. The van der Waals surface area contributed by atoms with Gasteiger partial charge in [-0.2, -0.15) is 0 Å². The molecule has 0 aromatic rings. The van der Waals surface area contributed by atoms with Gasteiger partial charge >= 0.3 is 0 Å². The third kappa shape index (κ3) is 3.18. The van der Waals surface area contributed by atoms with E-state index in [0.29, 0.717) is 5.25 Å². The molecule has 4 N–H and O–H groups in total. The average molecular weight is 278 g/mol. The van der Waals surface area contributed by atoms with Crippen molar-refractivity contribution >= 4 is 11.8 Å². The second-order valence-electron chi connectivity index (χ2n) is 5.09. The van der Waals surface area contributed by atoms with E-state index in [1.54, 1.807) is 0 Å². The number of aliphatic hydroxyl groups excluding tert-OH is 4. The van der Waals surface area contributed by atoms with Crippen molar-refractivity contribution in [1.82, 2.24) is 0 Å². The summed E-state index contributed by atoms with van der Waals surface area (Å²) in [7, 11) is 0. The fourth-order valence-corrected chi connectivity index (χ4v) is 4.08. The molecule has 5 nitrogen and oxygen atoms in total. The maximum atomic E-state index is 9.91. The van der Waals surface area contributed by atoms with Crippen molar-refractivity contribution in [3.05, 3.63) is 0 Å². The highest BCUT2D eigenvalue weighted by atomic mass is 32.2. The van der Waals surface area contributed by atoms with E-state index in [1.807, 2.05) is 0 Å². The average Bonchev–Trinajstić information content (AvgIpc) is 2.40. The number of hydrogen-bond acceptors (Lipinski definition) is 6. The van der Waals surface area contributed by atoms with Crippen LogP contribution in [0.1, 0.15) is 32.1 Å². The van der Waals surface area contributed by atoms with Crippen molar-refractivity contribution in [2.75, 3.05) is 6.61 Å². The van der Waals surface area contributed by atoms with Gasteiger partial charge in [-0.3, -0.25) is 0 Å². The fraction of sp³-hybridized carbons (Fsp3) is 1.00. The van der Waals surface area contributed by atoms with Gasteiger partial charge in [0.25, 0.3) is 0 Å². The van der Waals surface area contributed by atoms with Crippen LogP contribution in [0.4, 0.5) is 0 Å². The summed E-state index contributed by atoms with van der Waals surface area (Å²) in [6, 6.07) is 0. The van der Waals surface area contributed by atoms with Crippen molar-refractivity contribution in [3.63, 3.8) is 0 Å². The lowest BCUT2D eigenvalue weighted by molar-refractivity contribution is -0.205. The zero-order valence-corrected chi connectivity index (χ0v) is 11.1. The minimum absolute atomic E-state index is 0.354. The van der Waals surface area contributed by atoms with Crippen LogP contribution >= 0.6 is 11.8 Å². The first-order valence-electron chi connectivity index (χ1n) is 6.59. The Kier molecular flexibility index (Phi) is 5.29. The van der Waals surface area contributed by atoms with Crippen molar-refractivity contribution < 1.29 is 25.2 Å². The maximum absolute atomic E-state index is 9.91. The largest absolute Gasteiger partial charge is 0.394 e. The molecule has 1 aliphatic heterocycles. The molecule has 0 bridgehead atoms. The van der Waals surface area contributed by atoms with Crippen LogP contribution in [-0.2, 0) is 4.74 Å². The molecule has 6 heteroatoms. The highest BCUT2D eigenvalue weighted by Crippen LogP contribution is 2.36. The van der Waals surface area contributed by atoms with Gasteiger partial charge in [-0.1, -0.05) is 19.3 Å². The predicted molar refractivity (Wildman–Crippen MR) is 68.2 cm³/mol. The Bertz CT molecular complexity index is 257. The molecular weight excluding hydrogens is 256 g/mol. The van der Waals surface area contributed by atoms with Crippen molar-refractivity contribution in [2.45, 2.75) is 67.2 Å². The lowest BCUT2D eigenvalue weighted by Gasteiger charge is -2.41. The molecule has 0 aromatic heterocycles. The van der Waals surface area contributed by atoms with Crippen molar-refractivity contribution in [2.24, 2.45) is 0 Å². The monoisotopic (exact) mass is 278 g/mol. The van der Waals surface area contributed by atoms with E-state index < -0.39 is 29.9 Å². The van der Waals surface area contributed by atoms with E-state index in [0.717, 1.165) is 12.8 Å². The van der Waals surface area contributed by atoms with Crippen LogP contribution < -0.4 is 0 Å². The Morgan fingerprint density at radius 2 is 1.61 bits per heavy atom. The second-order valence-corrected chi connectivity index (χ2v) is 6.50. The lowest BCUT2D eigenvalue weighted by atomic mass is 10.00. The molecule has 1 heterocycles. The van der Waals surface area contributed by atoms with E-state index in [-0.39, 0.29) is 6.61 Å². The van der Waals surface area contributed by atoms with Crippen molar-refractivity contribution in [1.29, 1.82) is 0 Å². The summed E-state index contributed by atoms with van der Waals surface area (Å²) in [5, 5.41) is 38.8. The van der Waals surface area contributed by atoms with Gasteiger partial charge in [0.15, 0.2) is 0 Å². The van der Waals surface area contributed by atoms with Crippen LogP contribution in [0.3, 0.4) is 0 Å². The first-order valence-corrected chi connectivity index (χ1v) is 7.53. The first kappa shape index (κ1) is 14.6. The molecular formula is C12H22O5S. The minimum atomic E-state index is -1.25. The van der Waals surface area contributed by atoms with E-state index in [2.05, 4.69) is 0 Å². The number of rotatable bonds is 3. The van der Waals surface area contributed by atoms with Gasteiger partial charge in [0.2, 0.25) is 0 Å². The summed E-state index contributed by atoms with van der Waals surface area (Å²) in [6.45, 7) is -0.354. The van der Waals surface area contributed by atoms with Gasteiger partial charge in [-0.05, 0) is 12.8 Å². The minimum Gasteiger partial charge on any atom is -0.394 e. The Morgan fingerprint density at radius 3 is 2.22 bits per heavy atom. The molecule has 106 valence electrons. The van der Waals surface area contributed by atoms with Crippen LogP contribution in [0.2, 0.25) is 0 Å². The van der Waals surface area contributed by atoms with Gasteiger partial charge in [0.1, 0.15) is 29.9 Å².